The molecule has 2 heterocycles. The summed E-state index contributed by atoms with van der Waals surface area (Å²) in [5.74, 6) is 1.63. The third-order valence-corrected chi connectivity index (χ3v) is 5.16. The van der Waals surface area contributed by atoms with Crippen molar-refractivity contribution in [3.63, 3.8) is 0 Å². The molecule has 0 amide bonds. The van der Waals surface area contributed by atoms with Gasteiger partial charge in [-0.15, -0.1) is 0 Å². The Labute approximate surface area is 161 Å². The average Bonchev–Trinajstić information content (AvgIpc) is 3.16. The van der Waals surface area contributed by atoms with E-state index in [9.17, 15) is 0 Å². The van der Waals surface area contributed by atoms with Gasteiger partial charge >= 0.3 is 0 Å². The van der Waals surface area contributed by atoms with Crippen LogP contribution in [0.25, 0.3) is 10.9 Å². The van der Waals surface area contributed by atoms with Crippen LogP contribution in [0.15, 0.2) is 40.2 Å². The maximum absolute atomic E-state index is 6.29. The fourth-order valence-corrected chi connectivity index (χ4v) is 3.56. The van der Waals surface area contributed by atoms with Crippen molar-refractivity contribution in [3.8, 4) is 5.75 Å². The number of rotatable bonds is 6. The predicted molar refractivity (Wildman–Crippen MR) is 105 cm³/mol. The standard InChI is InChI=1S/C18H22N6O2S/c1-20-12-5-7-13(8-6-12)25-14-4-2-3-11-9-21-17(24-16(11)14)23-15-10-22-18(26-15)27-19/h2-4,9-10,12-13,20H,5-8,19H2,1H3,(H,21,23,24). The number of oxazole rings is 1. The Morgan fingerprint density at radius 3 is 2.78 bits per heavy atom. The van der Waals surface area contributed by atoms with Crippen molar-refractivity contribution in [2.45, 2.75) is 43.1 Å². The molecule has 2 aromatic heterocycles. The second kappa shape index (κ2) is 8.12. The molecule has 0 unspecified atom stereocenters. The first-order valence-corrected chi connectivity index (χ1v) is 9.82. The Kier molecular flexibility index (Phi) is 5.42. The van der Waals surface area contributed by atoms with Crippen LogP contribution < -0.4 is 20.5 Å². The van der Waals surface area contributed by atoms with Gasteiger partial charge in [0.2, 0.25) is 11.8 Å². The lowest BCUT2D eigenvalue weighted by Crippen LogP contribution is -2.34. The summed E-state index contributed by atoms with van der Waals surface area (Å²) >= 11 is 0.943. The van der Waals surface area contributed by atoms with Gasteiger partial charge in [0, 0.05) is 29.6 Å². The van der Waals surface area contributed by atoms with Gasteiger partial charge in [-0.1, -0.05) is 12.1 Å². The number of nitrogens with zero attached hydrogens (tertiary/aromatic N) is 3. The molecule has 0 aliphatic heterocycles. The zero-order valence-corrected chi connectivity index (χ0v) is 15.8. The zero-order chi connectivity index (χ0) is 18.6. The van der Waals surface area contributed by atoms with E-state index >= 15 is 0 Å². The maximum Gasteiger partial charge on any atom is 0.272 e. The van der Waals surface area contributed by atoms with E-state index in [0.717, 1.165) is 54.3 Å². The van der Waals surface area contributed by atoms with Crippen LogP contribution in [-0.4, -0.2) is 34.1 Å². The van der Waals surface area contributed by atoms with Gasteiger partial charge in [0.25, 0.3) is 5.22 Å². The molecule has 0 spiro atoms. The van der Waals surface area contributed by atoms with Crippen LogP contribution in [0.5, 0.6) is 5.75 Å². The molecule has 1 fully saturated rings. The SMILES string of the molecule is CNC1CCC(Oc2cccc3cnc(Nc4cnc(SN)o4)nc23)CC1. The molecule has 1 aromatic carbocycles. The van der Waals surface area contributed by atoms with Gasteiger partial charge in [-0.2, -0.15) is 0 Å². The van der Waals surface area contributed by atoms with Crippen LogP contribution in [0.3, 0.4) is 0 Å². The van der Waals surface area contributed by atoms with E-state index in [1.807, 2.05) is 25.2 Å². The van der Waals surface area contributed by atoms with Gasteiger partial charge in [0.15, 0.2) is 0 Å². The Morgan fingerprint density at radius 1 is 1.19 bits per heavy atom. The van der Waals surface area contributed by atoms with Gasteiger partial charge in [0.05, 0.1) is 12.3 Å². The third-order valence-electron chi connectivity index (χ3n) is 4.77. The average molecular weight is 386 g/mol. The van der Waals surface area contributed by atoms with Crippen LogP contribution in [0.1, 0.15) is 25.7 Å². The van der Waals surface area contributed by atoms with Crippen LogP contribution in [0, 0.1) is 0 Å². The third kappa shape index (κ3) is 4.15. The lowest BCUT2D eigenvalue weighted by molar-refractivity contribution is 0.143. The number of hydrogen-bond donors (Lipinski definition) is 3. The van der Waals surface area contributed by atoms with Crippen molar-refractivity contribution >= 4 is 34.7 Å². The van der Waals surface area contributed by atoms with Crippen molar-refractivity contribution in [1.29, 1.82) is 0 Å². The minimum atomic E-state index is 0.213. The highest BCUT2D eigenvalue weighted by Crippen LogP contribution is 2.29. The largest absolute Gasteiger partial charge is 0.488 e. The summed E-state index contributed by atoms with van der Waals surface area (Å²) in [4.78, 5) is 13.0. The smallest absolute Gasteiger partial charge is 0.272 e. The lowest BCUT2D eigenvalue weighted by atomic mass is 9.93. The lowest BCUT2D eigenvalue weighted by Gasteiger charge is -2.28. The maximum atomic E-state index is 6.29. The molecule has 0 bridgehead atoms. The van der Waals surface area contributed by atoms with E-state index in [0.29, 0.717) is 23.1 Å². The Balaban J connectivity index is 1.54. The molecule has 3 aromatic rings. The van der Waals surface area contributed by atoms with Crippen molar-refractivity contribution in [2.75, 3.05) is 12.4 Å². The minimum Gasteiger partial charge on any atom is -0.488 e. The number of aromatic nitrogens is 3. The van der Waals surface area contributed by atoms with E-state index in [4.69, 9.17) is 14.3 Å². The highest BCUT2D eigenvalue weighted by atomic mass is 32.2. The highest BCUT2D eigenvalue weighted by molar-refractivity contribution is 7.96. The monoisotopic (exact) mass is 386 g/mol. The minimum absolute atomic E-state index is 0.213. The van der Waals surface area contributed by atoms with Crippen molar-refractivity contribution < 1.29 is 9.15 Å². The fraction of sp³-hybridized carbons (Fsp3) is 0.389. The summed E-state index contributed by atoms with van der Waals surface area (Å²) in [6, 6.07) is 6.49. The molecule has 0 atom stereocenters. The van der Waals surface area contributed by atoms with Crippen molar-refractivity contribution in [1.82, 2.24) is 20.3 Å². The molecule has 4 N–H and O–H groups in total. The van der Waals surface area contributed by atoms with E-state index in [1.54, 1.807) is 12.4 Å². The molecule has 9 heteroatoms. The molecule has 1 aliphatic carbocycles. The predicted octanol–water partition coefficient (Wildman–Crippen LogP) is 3.24. The van der Waals surface area contributed by atoms with Crippen molar-refractivity contribution in [2.24, 2.45) is 5.14 Å². The topological polar surface area (TPSA) is 111 Å². The molecule has 142 valence electrons. The van der Waals surface area contributed by atoms with Crippen LogP contribution in [0.4, 0.5) is 11.8 Å². The molecule has 27 heavy (non-hydrogen) atoms. The molecule has 1 saturated carbocycles. The first-order chi connectivity index (χ1) is 13.2. The summed E-state index contributed by atoms with van der Waals surface area (Å²) < 4.78 is 11.7. The van der Waals surface area contributed by atoms with Gasteiger partial charge < -0.3 is 14.5 Å². The van der Waals surface area contributed by atoms with Gasteiger partial charge in [0.1, 0.15) is 11.3 Å². The van der Waals surface area contributed by atoms with E-state index < -0.39 is 0 Å². The normalized spacial score (nSPS) is 19.9. The fourth-order valence-electron chi connectivity index (χ4n) is 3.31. The van der Waals surface area contributed by atoms with E-state index in [-0.39, 0.29) is 6.10 Å². The molecule has 1 aliphatic rings. The summed E-state index contributed by atoms with van der Waals surface area (Å²) in [6.07, 6.45) is 7.85. The Hall–Kier alpha value is -2.36. The molecule has 4 rings (SSSR count). The number of fused-ring (bicyclic) bond motifs is 1. The summed E-state index contributed by atoms with van der Waals surface area (Å²) in [5, 5.41) is 13.1. The molecule has 0 radical (unpaired) electrons. The second-order valence-corrected chi connectivity index (χ2v) is 7.09. The number of nitrogens with one attached hydrogen (secondary N) is 2. The van der Waals surface area contributed by atoms with E-state index in [1.165, 1.54) is 0 Å². The molecule has 0 saturated heterocycles. The van der Waals surface area contributed by atoms with Crippen LogP contribution >= 0.6 is 11.9 Å². The second-order valence-electron chi connectivity index (χ2n) is 6.50. The summed E-state index contributed by atoms with van der Waals surface area (Å²) in [5.41, 5.74) is 0.777. The first kappa shape index (κ1) is 18.0. The summed E-state index contributed by atoms with van der Waals surface area (Å²) in [7, 11) is 2.02. The first-order valence-electron chi connectivity index (χ1n) is 8.94. The van der Waals surface area contributed by atoms with Gasteiger partial charge in [-0.3, -0.25) is 10.5 Å². The van der Waals surface area contributed by atoms with Gasteiger partial charge in [-0.25, -0.2) is 15.0 Å². The summed E-state index contributed by atoms with van der Waals surface area (Å²) in [6.45, 7) is 0. The van der Waals surface area contributed by atoms with Crippen LogP contribution in [0.2, 0.25) is 0 Å². The quantitative estimate of drug-likeness (QED) is 0.550. The number of benzene rings is 1. The number of ether oxygens (including phenoxy) is 1. The number of anilines is 2. The molecular formula is C18H22N6O2S. The van der Waals surface area contributed by atoms with Gasteiger partial charge in [-0.05, 0) is 38.8 Å². The van der Waals surface area contributed by atoms with Crippen LogP contribution in [-0.2, 0) is 0 Å². The number of nitrogens with two attached hydrogens (primary N) is 1. The van der Waals surface area contributed by atoms with E-state index in [2.05, 4.69) is 25.6 Å². The Bertz CT molecular complexity index is 910. The molecular weight excluding hydrogens is 364 g/mol. The highest BCUT2D eigenvalue weighted by Gasteiger charge is 2.22. The number of hydrogen-bond acceptors (Lipinski definition) is 9. The number of para-hydroxylation sites is 1. The van der Waals surface area contributed by atoms with Crippen molar-refractivity contribution in [3.05, 3.63) is 30.6 Å². The Morgan fingerprint density at radius 2 is 2.04 bits per heavy atom. The zero-order valence-electron chi connectivity index (χ0n) is 15.0. The molecule has 8 nitrogen and oxygen atoms in total.